The van der Waals surface area contributed by atoms with Crippen LogP contribution in [0.1, 0.15) is 19.8 Å². The average molecular weight is 258 g/mol. The van der Waals surface area contributed by atoms with Crippen LogP contribution in [0.5, 0.6) is 0 Å². The zero-order chi connectivity index (χ0) is 13.0. The van der Waals surface area contributed by atoms with Gasteiger partial charge in [0.1, 0.15) is 25.4 Å². The van der Waals surface area contributed by atoms with Gasteiger partial charge in [0, 0.05) is 0 Å². The van der Waals surface area contributed by atoms with Crippen molar-refractivity contribution in [3.05, 3.63) is 0 Å². The lowest BCUT2D eigenvalue weighted by molar-refractivity contribution is -0.155. The Morgan fingerprint density at radius 3 is 2.22 bits per heavy atom. The molecule has 3 atom stereocenters. The molecule has 0 saturated carbocycles. The van der Waals surface area contributed by atoms with Crippen molar-refractivity contribution in [3.63, 3.8) is 0 Å². The fraction of sp³-hybridized carbons (Fsp3) is 0.833. The first-order chi connectivity index (χ1) is 8.69. The second-order valence-electron chi connectivity index (χ2n) is 4.53. The van der Waals surface area contributed by atoms with Crippen LogP contribution < -0.4 is 0 Å². The van der Waals surface area contributed by atoms with E-state index in [0.29, 0.717) is 19.6 Å². The Bertz CT molecular complexity index is 308. The minimum Gasteiger partial charge on any atom is -0.463 e. The molecule has 0 aromatic rings. The Morgan fingerprint density at radius 1 is 1.17 bits per heavy atom. The first-order valence-electron chi connectivity index (χ1n) is 6.24. The summed E-state index contributed by atoms with van der Waals surface area (Å²) in [4.78, 5) is 23.2. The van der Waals surface area contributed by atoms with E-state index >= 15 is 0 Å². The Hall–Kier alpha value is -1.14. The fourth-order valence-corrected chi connectivity index (χ4v) is 1.46. The second-order valence-corrected chi connectivity index (χ2v) is 4.53. The van der Waals surface area contributed by atoms with E-state index in [-0.39, 0.29) is 43.8 Å². The van der Waals surface area contributed by atoms with Crippen molar-refractivity contribution in [1.29, 1.82) is 0 Å². The highest BCUT2D eigenvalue weighted by molar-refractivity contribution is 5.79. The molecule has 102 valence electrons. The maximum atomic E-state index is 11.7. The molecular formula is C12H18O6. The zero-order valence-electron chi connectivity index (χ0n) is 10.4. The van der Waals surface area contributed by atoms with Crippen molar-refractivity contribution in [2.24, 2.45) is 5.92 Å². The molecule has 0 aliphatic carbocycles. The van der Waals surface area contributed by atoms with Crippen molar-refractivity contribution < 1.29 is 28.5 Å². The SMILES string of the molecule is CCC(CC(=O)OCC1CO1)C(=O)OCC1CO1. The highest BCUT2D eigenvalue weighted by Gasteiger charge is 2.29. The lowest BCUT2D eigenvalue weighted by atomic mass is 10.0. The zero-order valence-corrected chi connectivity index (χ0v) is 10.4. The number of ether oxygens (including phenoxy) is 4. The molecule has 2 fully saturated rings. The topological polar surface area (TPSA) is 77.7 Å². The summed E-state index contributed by atoms with van der Waals surface area (Å²) in [5, 5.41) is 0. The van der Waals surface area contributed by atoms with Crippen LogP contribution in [0.4, 0.5) is 0 Å². The molecule has 2 saturated heterocycles. The number of esters is 2. The quantitative estimate of drug-likeness (QED) is 0.460. The van der Waals surface area contributed by atoms with Crippen LogP contribution in [0.25, 0.3) is 0 Å². The van der Waals surface area contributed by atoms with Gasteiger partial charge >= 0.3 is 11.9 Å². The van der Waals surface area contributed by atoms with E-state index in [1.165, 1.54) is 0 Å². The van der Waals surface area contributed by atoms with Crippen molar-refractivity contribution in [2.75, 3.05) is 26.4 Å². The normalized spacial score (nSPS) is 26.3. The molecule has 0 aromatic carbocycles. The number of rotatable bonds is 8. The maximum absolute atomic E-state index is 11.7. The van der Waals surface area contributed by atoms with Crippen LogP contribution in [0.2, 0.25) is 0 Å². The minimum atomic E-state index is -0.434. The fourth-order valence-electron chi connectivity index (χ4n) is 1.46. The lowest BCUT2D eigenvalue weighted by Crippen LogP contribution is -2.23. The number of hydrogen-bond acceptors (Lipinski definition) is 6. The van der Waals surface area contributed by atoms with Gasteiger partial charge in [-0.2, -0.15) is 0 Å². The van der Waals surface area contributed by atoms with Gasteiger partial charge in [-0.25, -0.2) is 0 Å². The lowest BCUT2D eigenvalue weighted by Gasteiger charge is -2.12. The van der Waals surface area contributed by atoms with Crippen LogP contribution in [-0.4, -0.2) is 50.6 Å². The number of hydrogen-bond donors (Lipinski definition) is 0. The predicted molar refractivity (Wildman–Crippen MR) is 59.8 cm³/mol. The molecule has 2 rings (SSSR count). The van der Waals surface area contributed by atoms with Crippen LogP contribution in [0.3, 0.4) is 0 Å². The number of epoxide rings is 2. The molecule has 2 aliphatic heterocycles. The smallest absolute Gasteiger partial charge is 0.309 e. The van der Waals surface area contributed by atoms with Crippen molar-refractivity contribution in [2.45, 2.75) is 32.0 Å². The van der Waals surface area contributed by atoms with E-state index in [9.17, 15) is 9.59 Å². The molecule has 0 bridgehead atoms. The average Bonchev–Trinajstić information content (AvgIpc) is 3.24. The Labute approximate surface area is 106 Å². The largest absolute Gasteiger partial charge is 0.463 e. The van der Waals surface area contributed by atoms with E-state index in [2.05, 4.69) is 0 Å². The summed E-state index contributed by atoms with van der Waals surface area (Å²) in [5.74, 6) is -1.17. The van der Waals surface area contributed by atoms with E-state index in [1.807, 2.05) is 6.92 Å². The molecule has 2 heterocycles. The first-order valence-corrected chi connectivity index (χ1v) is 6.24. The number of carbonyl (C=O) groups is 2. The third-order valence-electron chi connectivity index (χ3n) is 2.89. The molecular weight excluding hydrogens is 240 g/mol. The Balaban J connectivity index is 1.64. The van der Waals surface area contributed by atoms with Crippen LogP contribution in [0, 0.1) is 5.92 Å². The molecule has 6 heteroatoms. The molecule has 6 nitrogen and oxygen atoms in total. The number of carbonyl (C=O) groups excluding carboxylic acids is 2. The molecule has 0 radical (unpaired) electrons. The van der Waals surface area contributed by atoms with Gasteiger partial charge in [-0.3, -0.25) is 9.59 Å². The molecule has 0 aromatic heterocycles. The van der Waals surface area contributed by atoms with E-state index in [1.54, 1.807) is 0 Å². The van der Waals surface area contributed by atoms with Gasteiger partial charge in [0.15, 0.2) is 0 Å². The van der Waals surface area contributed by atoms with Crippen LogP contribution >= 0.6 is 0 Å². The van der Waals surface area contributed by atoms with Gasteiger partial charge in [-0.1, -0.05) is 6.92 Å². The van der Waals surface area contributed by atoms with Gasteiger partial charge in [0.2, 0.25) is 0 Å². The molecule has 3 unspecified atom stereocenters. The maximum Gasteiger partial charge on any atom is 0.309 e. The molecule has 0 spiro atoms. The minimum absolute atomic E-state index is 0.0467. The third-order valence-corrected chi connectivity index (χ3v) is 2.89. The van der Waals surface area contributed by atoms with Gasteiger partial charge in [0.25, 0.3) is 0 Å². The molecule has 0 N–H and O–H groups in total. The van der Waals surface area contributed by atoms with E-state index in [4.69, 9.17) is 18.9 Å². The Kier molecular flexibility index (Phi) is 4.54. The van der Waals surface area contributed by atoms with Crippen LogP contribution in [-0.2, 0) is 28.5 Å². The van der Waals surface area contributed by atoms with Crippen molar-refractivity contribution >= 4 is 11.9 Å². The molecule has 18 heavy (non-hydrogen) atoms. The summed E-state index contributed by atoms with van der Waals surface area (Å²) in [6.07, 6.45) is 0.714. The monoisotopic (exact) mass is 258 g/mol. The van der Waals surface area contributed by atoms with Gasteiger partial charge in [0.05, 0.1) is 25.6 Å². The summed E-state index contributed by atoms with van der Waals surface area (Å²) in [5.41, 5.74) is 0. The summed E-state index contributed by atoms with van der Waals surface area (Å²) >= 11 is 0. The summed E-state index contributed by atoms with van der Waals surface area (Å²) in [7, 11) is 0. The van der Waals surface area contributed by atoms with Gasteiger partial charge in [-0.05, 0) is 6.42 Å². The van der Waals surface area contributed by atoms with Gasteiger partial charge < -0.3 is 18.9 Å². The Morgan fingerprint density at radius 2 is 1.72 bits per heavy atom. The predicted octanol–water partition coefficient (Wildman–Crippen LogP) is 0.287. The summed E-state index contributed by atoms with van der Waals surface area (Å²) < 4.78 is 19.9. The van der Waals surface area contributed by atoms with Crippen LogP contribution in [0.15, 0.2) is 0 Å². The molecule has 0 amide bonds. The summed E-state index contributed by atoms with van der Waals surface area (Å²) in [6, 6.07) is 0. The van der Waals surface area contributed by atoms with E-state index < -0.39 is 5.92 Å². The first kappa shape index (κ1) is 13.3. The van der Waals surface area contributed by atoms with E-state index in [0.717, 1.165) is 0 Å². The van der Waals surface area contributed by atoms with Crippen molar-refractivity contribution in [1.82, 2.24) is 0 Å². The highest BCUT2D eigenvalue weighted by Crippen LogP contribution is 2.16. The molecule has 2 aliphatic rings. The highest BCUT2D eigenvalue weighted by atomic mass is 16.6. The summed E-state index contributed by atoms with van der Waals surface area (Å²) in [6.45, 7) is 3.69. The van der Waals surface area contributed by atoms with Gasteiger partial charge in [-0.15, -0.1) is 0 Å². The third kappa shape index (κ3) is 4.62. The standard InChI is InChI=1S/C12H18O6/c1-2-8(12(14)18-7-10-5-16-10)3-11(13)17-6-9-4-15-9/h8-10H,2-7H2,1H3. The van der Waals surface area contributed by atoms with Crippen molar-refractivity contribution in [3.8, 4) is 0 Å². The second kappa shape index (κ2) is 6.15.